The second-order valence-electron chi connectivity index (χ2n) is 7.28. The van der Waals surface area contributed by atoms with Gasteiger partial charge in [-0.15, -0.1) is 0 Å². The van der Waals surface area contributed by atoms with E-state index in [1.54, 1.807) is 0 Å². The van der Waals surface area contributed by atoms with Crippen LogP contribution in [0, 0.1) is 5.92 Å². The molecule has 3 heteroatoms. The largest absolute Gasteiger partial charge is 0.379 e. The van der Waals surface area contributed by atoms with E-state index in [2.05, 4.69) is 19.2 Å². The molecule has 1 fully saturated rings. The van der Waals surface area contributed by atoms with Gasteiger partial charge in [-0.05, 0) is 50.8 Å². The van der Waals surface area contributed by atoms with Crippen LogP contribution >= 0.6 is 11.6 Å². The molecule has 1 aliphatic heterocycles. The minimum absolute atomic E-state index is 0.0592. The number of rotatable bonds is 2. The fourth-order valence-electron chi connectivity index (χ4n) is 3.68. The maximum Gasteiger partial charge on any atom is 0.160 e. The summed E-state index contributed by atoms with van der Waals surface area (Å²) in [5.74, 6) is 0.490. The topological polar surface area (TPSA) is 29.1 Å². The average molecular weight is 318 g/mol. The molecule has 2 nitrogen and oxygen atoms in total. The lowest BCUT2D eigenvalue weighted by Gasteiger charge is -2.36. The first-order chi connectivity index (χ1) is 10.4. The summed E-state index contributed by atoms with van der Waals surface area (Å²) in [7, 11) is 0. The Labute approximate surface area is 137 Å². The third-order valence-corrected chi connectivity index (χ3v) is 4.99. The van der Waals surface area contributed by atoms with E-state index in [0.717, 1.165) is 35.5 Å². The maximum atomic E-state index is 12.6. The molecule has 0 radical (unpaired) electrons. The Kier molecular flexibility index (Phi) is 4.31. The smallest absolute Gasteiger partial charge is 0.160 e. The second-order valence-corrected chi connectivity index (χ2v) is 7.72. The third kappa shape index (κ3) is 3.38. The van der Waals surface area contributed by atoms with Gasteiger partial charge < -0.3 is 5.32 Å². The van der Waals surface area contributed by atoms with E-state index < -0.39 is 0 Å². The van der Waals surface area contributed by atoms with Crippen LogP contribution in [0.25, 0.3) is 5.70 Å². The number of allylic oxidation sites excluding steroid dienone is 1. The van der Waals surface area contributed by atoms with E-state index in [-0.39, 0.29) is 17.2 Å². The fourth-order valence-corrected chi connectivity index (χ4v) is 3.88. The number of benzene rings is 1. The van der Waals surface area contributed by atoms with Crippen LogP contribution < -0.4 is 5.32 Å². The molecule has 0 unspecified atom stereocenters. The van der Waals surface area contributed by atoms with Gasteiger partial charge in [-0.3, -0.25) is 4.79 Å². The van der Waals surface area contributed by atoms with Gasteiger partial charge in [0.2, 0.25) is 0 Å². The lowest BCUT2D eigenvalue weighted by molar-refractivity contribution is -0.119. The predicted octanol–water partition coefficient (Wildman–Crippen LogP) is 4.75. The highest BCUT2D eigenvalue weighted by Gasteiger charge is 2.29. The Morgan fingerprint density at radius 3 is 2.73 bits per heavy atom. The second kappa shape index (κ2) is 6.08. The van der Waals surface area contributed by atoms with Crippen LogP contribution in [0.5, 0.6) is 0 Å². The molecule has 3 rings (SSSR count). The van der Waals surface area contributed by atoms with Crippen molar-refractivity contribution in [2.45, 2.75) is 57.9 Å². The van der Waals surface area contributed by atoms with Crippen molar-refractivity contribution < 1.29 is 4.79 Å². The Bertz CT molecular complexity index is 612. The van der Waals surface area contributed by atoms with E-state index in [4.69, 9.17) is 11.6 Å². The molecule has 0 saturated heterocycles. The van der Waals surface area contributed by atoms with Gasteiger partial charge in [-0.1, -0.05) is 36.9 Å². The summed E-state index contributed by atoms with van der Waals surface area (Å²) < 4.78 is 0. The minimum atomic E-state index is -0.0592. The van der Waals surface area contributed by atoms with Gasteiger partial charge in [0.15, 0.2) is 5.78 Å². The van der Waals surface area contributed by atoms with Crippen molar-refractivity contribution in [1.82, 2.24) is 5.32 Å². The lowest BCUT2D eigenvalue weighted by Crippen LogP contribution is -2.44. The summed E-state index contributed by atoms with van der Waals surface area (Å²) in [6.07, 6.45) is 8.48. The molecule has 1 aromatic carbocycles. The molecule has 0 amide bonds. The summed E-state index contributed by atoms with van der Waals surface area (Å²) >= 11 is 6.14. The number of hydrogen-bond acceptors (Lipinski definition) is 2. The van der Waals surface area contributed by atoms with Crippen molar-refractivity contribution in [3.8, 4) is 0 Å². The highest BCUT2D eigenvalue weighted by Crippen LogP contribution is 2.32. The Morgan fingerprint density at radius 1 is 1.27 bits per heavy atom. The van der Waals surface area contributed by atoms with Crippen LogP contribution in [0.1, 0.15) is 57.1 Å². The minimum Gasteiger partial charge on any atom is -0.379 e. The number of halogens is 1. The number of fused-ring (bicyclic) bond motifs is 1. The van der Waals surface area contributed by atoms with Crippen LogP contribution in [0.4, 0.5) is 0 Å². The summed E-state index contributed by atoms with van der Waals surface area (Å²) in [6, 6.07) is 5.96. The van der Waals surface area contributed by atoms with E-state index in [9.17, 15) is 4.79 Å². The molecule has 1 aromatic rings. The van der Waals surface area contributed by atoms with E-state index >= 15 is 0 Å². The average Bonchev–Trinajstić information content (AvgIpc) is 2.46. The van der Waals surface area contributed by atoms with Crippen molar-refractivity contribution >= 4 is 23.1 Å². The predicted molar refractivity (Wildman–Crippen MR) is 91.9 cm³/mol. The SMILES string of the molecule is CC1(C)Cc2cc(Cl)ccc2/C(=C/C(=O)C2CCCCC2)N1. The molecule has 0 spiro atoms. The first-order valence-corrected chi connectivity index (χ1v) is 8.65. The molecule has 0 bridgehead atoms. The number of carbonyl (C=O) groups is 1. The first kappa shape index (κ1) is 15.6. The molecule has 0 aromatic heterocycles. The Hall–Kier alpha value is -1.28. The van der Waals surface area contributed by atoms with Crippen molar-refractivity contribution in [1.29, 1.82) is 0 Å². The number of nitrogens with one attached hydrogen (secondary N) is 1. The zero-order valence-electron chi connectivity index (χ0n) is 13.4. The molecule has 2 aliphatic rings. The van der Waals surface area contributed by atoms with Gasteiger partial charge in [0.25, 0.3) is 0 Å². The highest BCUT2D eigenvalue weighted by atomic mass is 35.5. The van der Waals surface area contributed by atoms with Gasteiger partial charge in [0.1, 0.15) is 0 Å². The van der Waals surface area contributed by atoms with Crippen molar-refractivity contribution in [2.75, 3.05) is 0 Å². The van der Waals surface area contributed by atoms with Crippen molar-refractivity contribution in [2.24, 2.45) is 5.92 Å². The van der Waals surface area contributed by atoms with Crippen LogP contribution in [-0.2, 0) is 11.2 Å². The zero-order valence-corrected chi connectivity index (χ0v) is 14.2. The maximum absolute atomic E-state index is 12.6. The van der Waals surface area contributed by atoms with Gasteiger partial charge in [0, 0.05) is 33.8 Å². The fraction of sp³-hybridized carbons (Fsp3) is 0.526. The molecular weight excluding hydrogens is 294 g/mol. The van der Waals surface area contributed by atoms with Crippen molar-refractivity contribution in [3.63, 3.8) is 0 Å². The Balaban J connectivity index is 1.92. The first-order valence-electron chi connectivity index (χ1n) is 8.27. The summed E-state index contributed by atoms with van der Waals surface area (Å²) in [5, 5.41) is 4.29. The summed E-state index contributed by atoms with van der Waals surface area (Å²) in [5.41, 5.74) is 3.24. The standard InChI is InChI=1S/C19H24ClNO/c1-19(2)12-14-10-15(20)8-9-16(14)17(21-19)11-18(22)13-6-4-3-5-7-13/h8-11,13,21H,3-7,12H2,1-2H3/b17-11-. The number of hydrogen-bond donors (Lipinski definition) is 1. The summed E-state index contributed by atoms with van der Waals surface area (Å²) in [4.78, 5) is 12.6. The molecule has 1 saturated carbocycles. The molecule has 118 valence electrons. The lowest BCUT2D eigenvalue weighted by atomic mass is 9.83. The molecular formula is C19H24ClNO. The van der Waals surface area contributed by atoms with E-state index in [0.29, 0.717) is 0 Å². The summed E-state index contributed by atoms with van der Waals surface area (Å²) in [6.45, 7) is 4.32. The number of ketones is 1. The van der Waals surface area contributed by atoms with Crippen LogP contribution in [-0.4, -0.2) is 11.3 Å². The molecule has 1 heterocycles. The van der Waals surface area contributed by atoms with Crippen molar-refractivity contribution in [3.05, 3.63) is 40.4 Å². The van der Waals surface area contributed by atoms with Gasteiger partial charge in [-0.25, -0.2) is 0 Å². The highest BCUT2D eigenvalue weighted by molar-refractivity contribution is 6.30. The van der Waals surface area contributed by atoms with Gasteiger partial charge in [-0.2, -0.15) is 0 Å². The normalized spacial score (nSPS) is 23.0. The zero-order chi connectivity index (χ0) is 15.7. The number of carbonyl (C=O) groups excluding carboxylic acids is 1. The van der Waals surface area contributed by atoms with E-state index in [1.165, 1.54) is 24.8 Å². The van der Waals surface area contributed by atoms with Gasteiger partial charge >= 0.3 is 0 Å². The molecule has 1 N–H and O–H groups in total. The van der Waals surface area contributed by atoms with Gasteiger partial charge in [0.05, 0.1) is 0 Å². The van der Waals surface area contributed by atoms with Crippen LogP contribution in [0.15, 0.2) is 24.3 Å². The van der Waals surface area contributed by atoms with Crippen LogP contribution in [0.2, 0.25) is 5.02 Å². The van der Waals surface area contributed by atoms with Crippen LogP contribution in [0.3, 0.4) is 0 Å². The quantitative estimate of drug-likeness (QED) is 0.797. The Morgan fingerprint density at radius 2 is 2.00 bits per heavy atom. The van der Waals surface area contributed by atoms with E-state index in [1.807, 2.05) is 24.3 Å². The molecule has 0 atom stereocenters. The monoisotopic (exact) mass is 317 g/mol. The molecule has 22 heavy (non-hydrogen) atoms. The molecule has 1 aliphatic carbocycles. The third-order valence-electron chi connectivity index (χ3n) is 4.76.